The molecule has 0 aliphatic rings. The first-order valence-corrected chi connectivity index (χ1v) is 4.03. The lowest BCUT2D eigenvalue weighted by atomic mass is 10.2. The number of nitrogens with zero attached hydrogens (tertiary/aromatic N) is 1. The van der Waals surface area contributed by atoms with Crippen molar-refractivity contribution in [1.82, 2.24) is 4.90 Å². The summed E-state index contributed by atoms with van der Waals surface area (Å²) in [6.07, 6.45) is 0.684. The van der Waals surface area contributed by atoms with E-state index in [1.165, 1.54) is 0 Å². The van der Waals surface area contributed by atoms with Crippen molar-refractivity contribution in [3.8, 4) is 0 Å². The smallest absolute Gasteiger partial charge is 0.0918 e. The first kappa shape index (κ1) is 10.4. The SMILES string of the molecule is CC(C)CN(C)CCC(=N)N. The first-order chi connectivity index (χ1) is 5.02. The van der Waals surface area contributed by atoms with E-state index >= 15 is 0 Å². The van der Waals surface area contributed by atoms with Gasteiger partial charge >= 0.3 is 0 Å². The van der Waals surface area contributed by atoms with E-state index in [1.807, 2.05) is 0 Å². The van der Waals surface area contributed by atoms with Crippen LogP contribution in [-0.4, -0.2) is 30.9 Å². The molecule has 0 bridgehead atoms. The van der Waals surface area contributed by atoms with Crippen molar-refractivity contribution in [2.75, 3.05) is 20.1 Å². The molecule has 66 valence electrons. The minimum Gasteiger partial charge on any atom is -0.388 e. The highest BCUT2D eigenvalue weighted by molar-refractivity contribution is 5.76. The van der Waals surface area contributed by atoms with Crippen LogP contribution in [0.4, 0.5) is 0 Å². The number of rotatable bonds is 5. The Bertz CT molecular complexity index is 121. The molecule has 0 aliphatic heterocycles. The molecule has 0 aromatic rings. The van der Waals surface area contributed by atoms with Gasteiger partial charge in [-0.25, -0.2) is 0 Å². The molecular formula is C8H19N3. The van der Waals surface area contributed by atoms with E-state index in [0.717, 1.165) is 13.1 Å². The Hall–Kier alpha value is -0.570. The molecule has 0 amide bonds. The first-order valence-electron chi connectivity index (χ1n) is 4.03. The van der Waals surface area contributed by atoms with Crippen LogP contribution in [0, 0.1) is 11.3 Å². The molecule has 11 heavy (non-hydrogen) atoms. The zero-order chi connectivity index (χ0) is 8.85. The number of nitrogens with one attached hydrogen (secondary N) is 1. The maximum absolute atomic E-state index is 7.02. The van der Waals surface area contributed by atoms with Crippen LogP contribution in [0.15, 0.2) is 0 Å². The van der Waals surface area contributed by atoms with E-state index < -0.39 is 0 Å². The highest BCUT2D eigenvalue weighted by Crippen LogP contribution is 1.95. The van der Waals surface area contributed by atoms with Crippen molar-refractivity contribution in [2.24, 2.45) is 11.7 Å². The third-order valence-corrected chi connectivity index (χ3v) is 1.44. The lowest BCUT2D eigenvalue weighted by Gasteiger charge is -2.17. The molecule has 3 nitrogen and oxygen atoms in total. The molecule has 0 aliphatic carbocycles. The lowest BCUT2D eigenvalue weighted by molar-refractivity contribution is 0.303. The van der Waals surface area contributed by atoms with Crippen LogP contribution in [0.5, 0.6) is 0 Å². The van der Waals surface area contributed by atoms with Gasteiger partial charge < -0.3 is 10.6 Å². The Morgan fingerprint density at radius 1 is 1.55 bits per heavy atom. The minimum atomic E-state index is 0.278. The largest absolute Gasteiger partial charge is 0.388 e. The van der Waals surface area contributed by atoms with Gasteiger partial charge in [-0.2, -0.15) is 0 Å². The maximum atomic E-state index is 7.02. The van der Waals surface area contributed by atoms with E-state index in [1.54, 1.807) is 0 Å². The second kappa shape index (κ2) is 5.13. The third-order valence-electron chi connectivity index (χ3n) is 1.44. The molecule has 0 atom stereocenters. The molecule has 0 heterocycles. The van der Waals surface area contributed by atoms with Gasteiger partial charge in [-0.1, -0.05) is 13.8 Å². The van der Waals surface area contributed by atoms with Crippen LogP contribution in [0.1, 0.15) is 20.3 Å². The fourth-order valence-corrected chi connectivity index (χ4v) is 1.03. The molecular weight excluding hydrogens is 138 g/mol. The second-order valence-electron chi connectivity index (χ2n) is 3.43. The van der Waals surface area contributed by atoms with Gasteiger partial charge in [-0.05, 0) is 13.0 Å². The monoisotopic (exact) mass is 157 g/mol. The van der Waals surface area contributed by atoms with Crippen LogP contribution < -0.4 is 5.73 Å². The summed E-state index contributed by atoms with van der Waals surface area (Å²) < 4.78 is 0. The normalized spacial score (nSPS) is 11.0. The number of hydrogen-bond donors (Lipinski definition) is 2. The summed E-state index contributed by atoms with van der Waals surface area (Å²) >= 11 is 0. The van der Waals surface area contributed by atoms with Crippen LogP contribution in [0.3, 0.4) is 0 Å². The summed E-state index contributed by atoms with van der Waals surface area (Å²) in [5.41, 5.74) is 5.23. The molecule has 0 spiro atoms. The van der Waals surface area contributed by atoms with Crippen molar-refractivity contribution in [3.05, 3.63) is 0 Å². The highest BCUT2D eigenvalue weighted by Gasteiger charge is 2.01. The summed E-state index contributed by atoms with van der Waals surface area (Å²) in [5, 5.41) is 7.02. The number of hydrogen-bond acceptors (Lipinski definition) is 2. The zero-order valence-electron chi connectivity index (χ0n) is 7.72. The summed E-state index contributed by atoms with van der Waals surface area (Å²) in [7, 11) is 2.06. The fourth-order valence-electron chi connectivity index (χ4n) is 1.03. The predicted octanol–water partition coefficient (Wildman–Crippen LogP) is 0.900. The standard InChI is InChI=1S/C8H19N3/c1-7(2)6-11(3)5-4-8(9)10/h7H,4-6H2,1-3H3,(H3,9,10). The molecule has 0 radical (unpaired) electrons. The summed E-state index contributed by atoms with van der Waals surface area (Å²) in [6.45, 7) is 6.34. The summed E-state index contributed by atoms with van der Waals surface area (Å²) in [6, 6.07) is 0. The molecule has 0 aromatic carbocycles. The number of amidine groups is 1. The molecule has 0 fully saturated rings. The van der Waals surface area contributed by atoms with Crippen LogP contribution >= 0.6 is 0 Å². The Labute approximate surface area is 69.1 Å². The van der Waals surface area contributed by atoms with Crippen molar-refractivity contribution < 1.29 is 0 Å². The van der Waals surface area contributed by atoms with E-state index in [2.05, 4.69) is 25.8 Å². The van der Waals surface area contributed by atoms with Gasteiger partial charge in [0.2, 0.25) is 0 Å². The van der Waals surface area contributed by atoms with Crippen molar-refractivity contribution in [1.29, 1.82) is 5.41 Å². The second-order valence-corrected chi connectivity index (χ2v) is 3.43. The fraction of sp³-hybridized carbons (Fsp3) is 0.875. The highest BCUT2D eigenvalue weighted by atomic mass is 15.1. The van der Waals surface area contributed by atoms with Crippen molar-refractivity contribution >= 4 is 5.84 Å². The Morgan fingerprint density at radius 2 is 2.09 bits per heavy atom. The van der Waals surface area contributed by atoms with E-state index in [0.29, 0.717) is 12.3 Å². The summed E-state index contributed by atoms with van der Waals surface area (Å²) in [5.74, 6) is 0.965. The Morgan fingerprint density at radius 3 is 2.45 bits per heavy atom. The quantitative estimate of drug-likeness (QED) is 0.460. The molecule has 0 saturated heterocycles. The summed E-state index contributed by atoms with van der Waals surface area (Å²) in [4.78, 5) is 2.20. The van der Waals surface area contributed by atoms with E-state index in [-0.39, 0.29) is 5.84 Å². The van der Waals surface area contributed by atoms with E-state index in [9.17, 15) is 0 Å². The average Bonchev–Trinajstić information content (AvgIpc) is 1.82. The molecule has 0 aromatic heterocycles. The Kier molecular flexibility index (Phi) is 4.86. The average molecular weight is 157 g/mol. The van der Waals surface area contributed by atoms with Crippen molar-refractivity contribution in [3.63, 3.8) is 0 Å². The van der Waals surface area contributed by atoms with Gasteiger partial charge in [0.25, 0.3) is 0 Å². The molecule has 0 unspecified atom stereocenters. The topological polar surface area (TPSA) is 53.1 Å². The van der Waals surface area contributed by atoms with Gasteiger partial charge in [-0.3, -0.25) is 5.41 Å². The van der Waals surface area contributed by atoms with Gasteiger partial charge in [0.15, 0.2) is 0 Å². The van der Waals surface area contributed by atoms with Crippen molar-refractivity contribution in [2.45, 2.75) is 20.3 Å². The minimum absolute atomic E-state index is 0.278. The van der Waals surface area contributed by atoms with Gasteiger partial charge in [-0.15, -0.1) is 0 Å². The van der Waals surface area contributed by atoms with E-state index in [4.69, 9.17) is 11.1 Å². The van der Waals surface area contributed by atoms with Gasteiger partial charge in [0.05, 0.1) is 5.84 Å². The lowest BCUT2D eigenvalue weighted by Crippen LogP contribution is -2.27. The molecule has 0 saturated carbocycles. The maximum Gasteiger partial charge on any atom is 0.0918 e. The van der Waals surface area contributed by atoms with Gasteiger partial charge in [0, 0.05) is 19.5 Å². The van der Waals surface area contributed by atoms with Crippen LogP contribution in [0.25, 0.3) is 0 Å². The zero-order valence-corrected chi connectivity index (χ0v) is 7.72. The molecule has 0 rings (SSSR count). The third kappa shape index (κ3) is 7.33. The van der Waals surface area contributed by atoms with Gasteiger partial charge in [0.1, 0.15) is 0 Å². The Balaban J connectivity index is 3.37. The number of nitrogens with two attached hydrogens (primary N) is 1. The van der Waals surface area contributed by atoms with Crippen LogP contribution in [0.2, 0.25) is 0 Å². The molecule has 3 heteroatoms. The van der Waals surface area contributed by atoms with Crippen LogP contribution in [-0.2, 0) is 0 Å². The predicted molar refractivity (Wildman–Crippen MR) is 48.9 cm³/mol. The molecule has 3 N–H and O–H groups in total.